The second-order valence-corrected chi connectivity index (χ2v) is 6.07. The van der Waals surface area contributed by atoms with E-state index in [1.54, 1.807) is 0 Å². The summed E-state index contributed by atoms with van der Waals surface area (Å²) in [6, 6.07) is 20.5. The number of hydrogen-bond donors (Lipinski definition) is 2. The molecule has 2 aromatic rings. The maximum Gasteiger partial charge on any atom is 0.109 e. The Kier molecular flexibility index (Phi) is 5.41. The minimum Gasteiger partial charge on any atom is -0.388 e. The third-order valence-electron chi connectivity index (χ3n) is 4.19. The molecule has 1 fully saturated rings. The first-order chi connectivity index (χ1) is 11.2. The fourth-order valence-corrected chi connectivity index (χ4v) is 2.95. The van der Waals surface area contributed by atoms with Crippen LogP contribution in [0.1, 0.15) is 11.1 Å². The summed E-state index contributed by atoms with van der Waals surface area (Å²) in [6.45, 7) is 2.34. The monoisotopic (exact) mass is 313 g/mol. The largest absolute Gasteiger partial charge is 0.388 e. The van der Waals surface area contributed by atoms with Gasteiger partial charge in [0, 0.05) is 19.6 Å². The molecule has 0 radical (unpaired) electrons. The predicted octanol–water partition coefficient (Wildman–Crippen LogP) is 1.81. The Morgan fingerprint density at radius 3 is 1.83 bits per heavy atom. The van der Waals surface area contributed by atoms with Crippen molar-refractivity contribution in [2.75, 3.05) is 13.2 Å². The number of rotatable bonds is 6. The molecule has 2 aromatic carbocycles. The quantitative estimate of drug-likeness (QED) is 0.854. The van der Waals surface area contributed by atoms with Crippen molar-refractivity contribution < 1.29 is 14.9 Å². The normalized spacial score (nSPS) is 24.2. The summed E-state index contributed by atoms with van der Waals surface area (Å²) in [6.07, 6.45) is -1.95. The summed E-state index contributed by atoms with van der Waals surface area (Å²) in [5, 5.41) is 19.7. The Labute approximate surface area is 136 Å². The Hall–Kier alpha value is -1.72. The van der Waals surface area contributed by atoms with Crippen LogP contribution in [0, 0.1) is 0 Å². The van der Waals surface area contributed by atoms with Crippen LogP contribution >= 0.6 is 0 Å². The van der Waals surface area contributed by atoms with Gasteiger partial charge < -0.3 is 14.9 Å². The molecule has 4 heteroatoms. The molecule has 122 valence electrons. The summed E-state index contributed by atoms with van der Waals surface area (Å²) in [7, 11) is 0. The first kappa shape index (κ1) is 16.1. The van der Waals surface area contributed by atoms with E-state index >= 15 is 0 Å². The predicted molar refractivity (Wildman–Crippen MR) is 88.8 cm³/mol. The van der Waals surface area contributed by atoms with Crippen molar-refractivity contribution in [2.45, 2.75) is 31.4 Å². The second-order valence-electron chi connectivity index (χ2n) is 6.07. The molecule has 3 atom stereocenters. The molecule has 0 saturated carbocycles. The van der Waals surface area contributed by atoms with Crippen molar-refractivity contribution in [1.82, 2.24) is 4.90 Å². The standard InChI is InChI=1S/C19H23NO3/c21-17-14-23-18(19(17)22)13-20(11-15-7-3-1-4-8-15)12-16-9-5-2-6-10-16/h1-10,17-19,21-22H,11-14H2/t17-,18+,19-/m1/s1. The number of aliphatic hydroxyl groups is 2. The first-order valence-corrected chi connectivity index (χ1v) is 8.00. The zero-order valence-electron chi connectivity index (χ0n) is 13.1. The lowest BCUT2D eigenvalue weighted by atomic mass is 10.1. The minimum absolute atomic E-state index is 0.205. The van der Waals surface area contributed by atoms with Crippen molar-refractivity contribution in [2.24, 2.45) is 0 Å². The van der Waals surface area contributed by atoms with Gasteiger partial charge in [0.1, 0.15) is 12.2 Å². The maximum absolute atomic E-state index is 10.0. The molecule has 0 spiro atoms. The number of aliphatic hydroxyl groups excluding tert-OH is 2. The van der Waals surface area contributed by atoms with Crippen molar-refractivity contribution in [3.05, 3.63) is 71.8 Å². The van der Waals surface area contributed by atoms with Crippen LogP contribution in [0.4, 0.5) is 0 Å². The van der Waals surface area contributed by atoms with Gasteiger partial charge in [0.15, 0.2) is 0 Å². The van der Waals surface area contributed by atoms with Crippen LogP contribution in [0.3, 0.4) is 0 Å². The summed E-state index contributed by atoms with van der Waals surface area (Å²) in [5.41, 5.74) is 2.44. The molecule has 0 unspecified atom stereocenters. The van der Waals surface area contributed by atoms with Gasteiger partial charge in [-0.05, 0) is 11.1 Å². The number of ether oxygens (including phenoxy) is 1. The van der Waals surface area contributed by atoms with Crippen molar-refractivity contribution in [1.29, 1.82) is 0 Å². The number of hydrogen-bond acceptors (Lipinski definition) is 4. The van der Waals surface area contributed by atoms with Crippen molar-refractivity contribution >= 4 is 0 Å². The van der Waals surface area contributed by atoms with Gasteiger partial charge in [-0.1, -0.05) is 60.7 Å². The lowest BCUT2D eigenvalue weighted by molar-refractivity contribution is 0.00172. The molecule has 3 rings (SSSR count). The number of benzene rings is 2. The molecule has 2 N–H and O–H groups in total. The Balaban J connectivity index is 1.70. The molecular weight excluding hydrogens is 290 g/mol. The molecule has 0 aliphatic carbocycles. The summed E-state index contributed by atoms with van der Waals surface area (Å²) in [5.74, 6) is 0. The fraction of sp³-hybridized carbons (Fsp3) is 0.368. The van der Waals surface area contributed by atoms with Gasteiger partial charge in [0.05, 0.1) is 12.7 Å². The Bertz CT molecular complexity index is 549. The highest BCUT2D eigenvalue weighted by Crippen LogP contribution is 2.18. The zero-order valence-corrected chi connectivity index (χ0v) is 13.1. The topological polar surface area (TPSA) is 52.9 Å². The average Bonchev–Trinajstić information content (AvgIpc) is 2.89. The van der Waals surface area contributed by atoms with E-state index in [1.165, 1.54) is 11.1 Å². The first-order valence-electron chi connectivity index (χ1n) is 8.00. The molecular formula is C19H23NO3. The van der Waals surface area contributed by atoms with Crippen LogP contribution in [0.25, 0.3) is 0 Å². The summed E-state index contributed by atoms with van der Waals surface area (Å²) >= 11 is 0. The van der Waals surface area contributed by atoms with Crippen molar-refractivity contribution in [3.8, 4) is 0 Å². The highest BCUT2D eigenvalue weighted by Gasteiger charge is 2.35. The molecule has 0 amide bonds. The molecule has 4 nitrogen and oxygen atoms in total. The number of nitrogens with zero attached hydrogens (tertiary/aromatic N) is 1. The summed E-state index contributed by atoms with van der Waals surface area (Å²) < 4.78 is 5.54. The molecule has 1 saturated heterocycles. The van der Waals surface area contributed by atoms with Gasteiger partial charge in [-0.3, -0.25) is 4.90 Å². The van der Waals surface area contributed by atoms with E-state index in [0.717, 1.165) is 13.1 Å². The lowest BCUT2D eigenvalue weighted by Crippen LogP contribution is -2.39. The van der Waals surface area contributed by atoms with E-state index in [2.05, 4.69) is 29.2 Å². The van der Waals surface area contributed by atoms with Gasteiger partial charge in [-0.15, -0.1) is 0 Å². The van der Waals surface area contributed by atoms with Gasteiger partial charge in [-0.2, -0.15) is 0 Å². The van der Waals surface area contributed by atoms with Crippen LogP contribution < -0.4 is 0 Å². The Morgan fingerprint density at radius 2 is 1.39 bits per heavy atom. The van der Waals surface area contributed by atoms with Gasteiger partial charge in [0.25, 0.3) is 0 Å². The van der Waals surface area contributed by atoms with Crippen LogP contribution in [-0.2, 0) is 17.8 Å². The van der Waals surface area contributed by atoms with Crippen molar-refractivity contribution in [3.63, 3.8) is 0 Å². The molecule has 0 bridgehead atoms. The average molecular weight is 313 g/mol. The van der Waals surface area contributed by atoms with Crippen LogP contribution in [0.15, 0.2) is 60.7 Å². The minimum atomic E-state index is -0.816. The van der Waals surface area contributed by atoms with Crippen LogP contribution in [0.2, 0.25) is 0 Å². The maximum atomic E-state index is 10.0. The molecule has 23 heavy (non-hydrogen) atoms. The highest BCUT2D eigenvalue weighted by molar-refractivity contribution is 5.17. The highest BCUT2D eigenvalue weighted by atomic mass is 16.5. The van der Waals surface area contributed by atoms with E-state index in [0.29, 0.717) is 6.54 Å². The third kappa shape index (κ3) is 4.39. The van der Waals surface area contributed by atoms with E-state index in [9.17, 15) is 10.2 Å². The molecule has 1 heterocycles. The molecule has 0 aromatic heterocycles. The SMILES string of the molecule is O[C@@H]1[C@H](O)CO[C@H]1CN(Cc1ccccc1)Cc1ccccc1. The fourth-order valence-electron chi connectivity index (χ4n) is 2.95. The van der Waals surface area contributed by atoms with E-state index < -0.39 is 12.2 Å². The van der Waals surface area contributed by atoms with Crippen LogP contribution in [0.5, 0.6) is 0 Å². The van der Waals surface area contributed by atoms with Crippen LogP contribution in [-0.4, -0.2) is 46.6 Å². The second kappa shape index (κ2) is 7.70. The van der Waals surface area contributed by atoms with Gasteiger partial charge >= 0.3 is 0 Å². The van der Waals surface area contributed by atoms with E-state index in [1.807, 2.05) is 36.4 Å². The lowest BCUT2D eigenvalue weighted by Gasteiger charge is -2.27. The van der Waals surface area contributed by atoms with Gasteiger partial charge in [-0.25, -0.2) is 0 Å². The smallest absolute Gasteiger partial charge is 0.109 e. The molecule has 1 aliphatic rings. The summed E-state index contributed by atoms with van der Waals surface area (Å²) in [4.78, 5) is 2.25. The third-order valence-corrected chi connectivity index (χ3v) is 4.19. The van der Waals surface area contributed by atoms with Gasteiger partial charge in [0.2, 0.25) is 0 Å². The Morgan fingerprint density at radius 1 is 0.870 bits per heavy atom. The van der Waals surface area contributed by atoms with E-state index in [4.69, 9.17) is 4.74 Å². The molecule has 1 aliphatic heterocycles. The van der Waals surface area contributed by atoms with E-state index in [-0.39, 0.29) is 12.7 Å². The zero-order chi connectivity index (χ0) is 16.1.